The zero-order valence-electron chi connectivity index (χ0n) is 23.5. The Hall–Kier alpha value is -4.45. The van der Waals surface area contributed by atoms with Gasteiger partial charge in [0, 0.05) is 28.4 Å². The van der Waals surface area contributed by atoms with Crippen LogP contribution in [0.1, 0.15) is 36.8 Å². The van der Waals surface area contributed by atoms with E-state index in [0.717, 1.165) is 43.5 Å². The van der Waals surface area contributed by atoms with E-state index >= 15 is 0 Å². The number of fused-ring (bicyclic) bond motifs is 2. The summed E-state index contributed by atoms with van der Waals surface area (Å²) in [4.78, 5) is 30.5. The minimum atomic E-state index is -5.08. The lowest BCUT2D eigenvalue weighted by molar-refractivity contribution is -0.192. The zero-order valence-corrected chi connectivity index (χ0v) is 25.1. The summed E-state index contributed by atoms with van der Waals surface area (Å²) >= 11 is 3.50. The number of imidazole rings is 1. The topological polar surface area (TPSA) is 115 Å². The van der Waals surface area contributed by atoms with Gasteiger partial charge in [-0.3, -0.25) is 4.79 Å². The standard InChI is InChI=1S/C30H26BrN3O3.C2HF3O2/c1-30(2)26(27(30)29(35)36)28-33-24-15-22(37-17-21-12-9-19-5-3-4-6-23(19)32-21)13-14-25(24)34(28)16-18-7-10-20(31)11-8-18;3-2(4,5)1(6)7/h3-15,26-27H,16-17H2,1-2H3,(H,35,36);(H,6,7)/t26-,27+;/m1./s1. The van der Waals surface area contributed by atoms with Crippen molar-refractivity contribution in [1.29, 1.82) is 0 Å². The molecule has 1 saturated carbocycles. The molecule has 0 bridgehead atoms. The maximum atomic E-state index is 12.0. The molecule has 0 saturated heterocycles. The number of pyridine rings is 1. The van der Waals surface area contributed by atoms with Crippen LogP contribution in [0.4, 0.5) is 13.2 Å². The van der Waals surface area contributed by atoms with Crippen molar-refractivity contribution >= 4 is 49.8 Å². The van der Waals surface area contributed by atoms with E-state index in [4.69, 9.17) is 24.6 Å². The molecule has 0 radical (unpaired) electrons. The third-order valence-corrected chi connectivity index (χ3v) is 8.19. The largest absolute Gasteiger partial charge is 0.490 e. The second kappa shape index (κ2) is 11.9. The average Bonchev–Trinajstić information content (AvgIpc) is 3.39. The summed E-state index contributed by atoms with van der Waals surface area (Å²) in [6.45, 7) is 4.97. The maximum Gasteiger partial charge on any atom is 0.490 e. The molecule has 1 aliphatic carbocycles. The molecule has 2 aromatic heterocycles. The van der Waals surface area contributed by atoms with Gasteiger partial charge < -0.3 is 19.5 Å². The van der Waals surface area contributed by atoms with Crippen LogP contribution in [0.3, 0.4) is 0 Å². The summed E-state index contributed by atoms with van der Waals surface area (Å²) in [5, 5.41) is 18.0. The van der Waals surface area contributed by atoms with Crippen LogP contribution in [-0.2, 0) is 22.7 Å². The van der Waals surface area contributed by atoms with E-state index < -0.39 is 24.0 Å². The first-order valence-electron chi connectivity index (χ1n) is 13.5. The quantitative estimate of drug-likeness (QED) is 0.185. The molecule has 0 aliphatic heterocycles. The van der Waals surface area contributed by atoms with Crippen LogP contribution in [0.5, 0.6) is 5.75 Å². The summed E-state index contributed by atoms with van der Waals surface area (Å²) in [6, 6.07) is 26.1. The predicted molar refractivity (Wildman–Crippen MR) is 160 cm³/mol. The van der Waals surface area contributed by atoms with Crippen molar-refractivity contribution in [2.75, 3.05) is 0 Å². The first kappa shape index (κ1) is 31.0. The number of benzene rings is 3. The van der Waals surface area contributed by atoms with E-state index in [1.807, 2.05) is 74.5 Å². The van der Waals surface area contributed by atoms with Gasteiger partial charge in [0.2, 0.25) is 0 Å². The molecule has 12 heteroatoms. The van der Waals surface area contributed by atoms with Crippen molar-refractivity contribution < 1.29 is 37.7 Å². The van der Waals surface area contributed by atoms with E-state index in [0.29, 0.717) is 18.9 Å². The number of alkyl halides is 3. The first-order valence-corrected chi connectivity index (χ1v) is 14.3. The summed E-state index contributed by atoms with van der Waals surface area (Å²) in [5.41, 5.74) is 4.31. The Kier molecular flexibility index (Phi) is 8.39. The molecule has 2 atom stereocenters. The number of nitrogens with zero attached hydrogens (tertiary/aromatic N) is 3. The number of aliphatic carboxylic acids is 2. The predicted octanol–water partition coefficient (Wildman–Crippen LogP) is 7.43. The number of para-hydroxylation sites is 1. The van der Waals surface area contributed by atoms with Crippen LogP contribution < -0.4 is 4.74 Å². The number of ether oxygens (including phenoxy) is 1. The Morgan fingerprint density at radius 1 is 0.955 bits per heavy atom. The minimum Gasteiger partial charge on any atom is -0.487 e. The molecule has 2 N–H and O–H groups in total. The number of hydrogen-bond donors (Lipinski definition) is 2. The maximum absolute atomic E-state index is 12.0. The van der Waals surface area contributed by atoms with E-state index in [1.54, 1.807) is 0 Å². The highest BCUT2D eigenvalue weighted by Crippen LogP contribution is 2.64. The van der Waals surface area contributed by atoms with Crippen LogP contribution in [0.25, 0.3) is 21.9 Å². The fourth-order valence-corrected chi connectivity index (χ4v) is 5.58. The lowest BCUT2D eigenvalue weighted by Gasteiger charge is -2.11. The normalized spacial score (nSPS) is 17.1. The lowest BCUT2D eigenvalue weighted by atomic mass is 10.1. The van der Waals surface area contributed by atoms with Crippen molar-refractivity contribution in [3.8, 4) is 5.75 Å². The third-order valence-electron chi connectivity index (χ3n) is 7.66. The highest BCUT2D eigenvalue weighted by molar-refractivity contribution is 9.10. The highest BCUT2D eigenvalue weighted by atomic mass is 79.9. The van der Waals surface area contributed by atoms with Gasteiger partial charge in [0.25, 0.3) is 0 Å². The Morgan fingerprint density at radius 2 is 1.64 bits per heavy atom. The number of rotatable bonds is 7. The van der Waals surface area contributed by atoms with Crippen LogP contribution in [0.2, 0.25) is 0 Å². The molecular weight excluding hydrogens is 643 g/mol. The van der Waals surface area contributed by atoms with Gasteiger partial charge in [-0.05, 0) is 47.4 Å². The molecule has 8 nitrogen and oxygen atoms in total. The Balaban J connectivity index is 0.000000493. The van der Waals surface area contributed by atoms with Crippen LogP contribution in [-0.4, -0.2) is 42.9 Å². The summed E-state index contributed by atoms with van der Waals surface area (Å²) < 4.78 is 41.0. The monoisotopic (exact) mass is 669 g/mol. The summed E-state index contributed by atoms with van der Waals surface area (Å²) in [6.07, 6.45) is -5.08. The summed E-state index contributed by atoms with van der Waals surface area (Å²) in [5.74, 6) is -2.63. The van der Waals surface area contributed by atoms with Gasteiger partial charge in [-0.15, -0.1) is 0 Å². The van der Waals surface area contributed by atoms with Gasteiger partial charge in [-0.25, -0.2) is 14.8 Å². The van der Waals surface area contributed by atoms with Crippen molar-refractivity contribution in [3.63, 3.8) is 0 Å². The molecule has 44 heavy (non-hydrogen) atoms. The van der Waals surface area contributed by atoms with Gasteiger partial charge in [0.15, 0.2) is 0 Å². The van der Waals surface area contributed by atoms with Crippen LogP contribution in [0.15, 0.2) is 83.3 Å². The molecule has 2 heterocycles. The molecule has 3 aromatic carbocycles. The smallest absolute Gasteiger partial charge is 0.487 e. The van der Waals surface area contributed by atoms with E-state index in [2.05, 4.69) is 38.7 Å². The lowest BCUT2D eigenvalue weighted by Crippen LogP contribution is -2.21. The molecular formula is C32H27BrF3N3O5. The van der Waals surface area contributed by atoms with Crippen molar-refractivity contribution in [1.82, 2.24) is 14.5 Å². The molecule has 6 rings (SSSR count). The SMILES string of the molecule is CC1(C)[C@H](C(=O)O)[C@@H]1c1nc2cc(OCc3ccc4ccccc4n3)ccc2n1Cc1ccc(Br)cc1.O=C(O)C(F)(F)F. The van der Waals surface area contributed by atoms with Gasteiger partial charge >= 0.3 is 18.1 Å². The summed E-state index contributed by atoms with van der Waals surface area (Å²) in [7, 11) is 0. The number of aromatic nitrogens is 3. The van der Waals surface area contributed by atoms with E-state index in [-0.39, 0.29) is 11.3 Å². The average molecular weight is 670 g/mol. The fraction of sp³-hybridized carbons (Fsp3) is 0.250. The highest BCUT2D eigenvalue weighted by Gasteiger charge is 2.64. The number of carbonyl (C=O) groups is 2. The van der Waals surface area contributed by atoms with E-state index in [9.17, 15) is 23.1 Å². The van der Waals surface area contributed by atoms with Crippen LogP contribution in [0, 0.1) is 11.3 Å². The molecule has 0 spiro atoms. The number of hydrogen-bond acceptors (Lipinski definition) is 5. The second-order valence-corrected chi connectivity index (χ2v) is 12.0. The molecule has 0 amide bonds. The van der Waals surface area contributed by atoms with Gasteiger partial charge in [-0.2, -0.15) is 13.2 Å². The van der Waals surface area contributed by atoms with Crippen molar-refractivity contribution in [2.45, 2.75) is 39.1 Å². The van der Waals surface area contributed by atoms with Gasteiger partial charge in [0.1, 0.15) is 18.2 Å². The van der Waals surface area contributed by atoms with Crippen molar-refractivity contribution in [3.05, 3.63) is 100 Å². The Labute approximate surface area is 258 Å². The van der Waals surface area contributed by atoms with Gasteiger partial charge in [-0.1, -0.05) is 66.2 Å². The molecule has 0 unspecified atom stereocenters. The molecule has 1 fully saturated rings. The van der Waals surface area contributed by atoms with E-state index in [1.165, 1.54) is 0 Å². The molecule has 228 valence electrons. The fourth-order valence-electron chi connectivity index (χ4n) is 5.32. The Bertz CT molecular complexity index is 1850. The van der Waals surface area contributed by atoms with Crippen molar-refractivity contribution in [2.24, 2.45) is 11.3 Å². The number of halogens is 4. The molecule has 1 aliphatic rings. The van der Waals surface area contributed by atoms with Gasteiger partial charge in [0.05, 0.1) is 28.2 Å². The molecule has 5 aromatic rings. The second-order valence-electron chi connectivity index (χ2n) is 11.0. The first-order chi connectivity index (χ1) is 20.8. The number of carboxylic acids is 2. The minimum absolute atomic E-state index is 0.154. The number of carboxylic acid groups (broad SMARTS) is 2. The van der Waals surface area contributed by atoms with Crippen LogP contribution >= 0.6 is 15.9 Å². The Morgan fingerprint density at radius 3 is 2.27 bits per heavy atom. The zero-order chi connectivity index (χ0) is 31.8. The third kappa shape index (κ3) is 6.54.